The molecule has 4 atom stereocenters. The quantitative estimate of drug-likeness (QED) is 0.334. The zero-order valence-electron chi connectivity index (χ0n) is 19.3. The summed E-state index contributed by atoms with van der Waals surface area (Å²) in [5.74, 6) is 9.22. The lowest BCUT2D eigenvalue weighted by molar-refractivity contribution is 0.133. The Morgan fingerprint density at radius 3 is 2.50 bits per heavy atom. The summed E-state index contributed by atoms with van der Waals surface area (Å²) in [5, 5.41) is 0. The van der Waals surface area contributed by atoms with Crippen molar-refractivity contribution >= 4 is 0 Å². The first-order chi connectivity index (χ1) is 15.7. The maximum atomic E-state index is 14.4. The van der Waals surface area contributed by atoms with Gasteiger partial charge >= 0.3 is 0 Å². The van der Waals surface area contributed by atoms with E-state index in [2.05, 4.69) is 61.8 Å². The van der Waals surface area contributed by atoms with Crippen molar-refractivity contribution in [3.05, 3.63) is 95.3 Å². The normalized spacial score (nSPS) is 25.1. The van der Waals surface area contributed by atoms with Crippen molar-refractivity contribution in [2.24, 2.45) is 17.8 Å². The molecule has 0 heterocycles. The van der Waals surface area contributed by atoms with Gasteiger partial charge in [-0.3, -0.25) is 0 Å². The molecule has 2 aromatic carbocycles. The van der Waals surface area contributed by atoms with Crippen LogP contribution in [-0.4, -0.2) is 0 Å². The molecule has 2 aliphatic rings. The van der Waals surface area contributed by atoms with Crippen LogP contribution < -0.4 is 0 Å². The molecule has 0 saturated heterocycles. The second-order valence-corrected chi connectivity index (χ2v) is 9.64. The van der Waals surface area contributed by atoms with Gasteiger partial charge in [0.2, 0.25) is 0 Å². The van der Waals surface area contributed by atoms with Crippen molar-refractivity contribution in [3.8, 4) is 11.8 Å². The summed E-state index contributed by atoms with van der Waals surface area (Å²) in [6.45, 7) is 5.87. The fourth-order valence-electron chi connectivity index (χ4n) is 5.74. The van der Waals surface area contributed by atoms with Crippen LogP contribution in [0.5, 0.6) is 0 Å². The van der Waals surface area contributed by atoms with Crippen LogP contribution in [0.2, 0.25) is 0 Å². The van der Waals surface area contributed by atoms with Gasteiger partial charge in [-0.1, -0.05) is 48.3 Å². The van der Waals surface area contributed by atoms with Crippen LogP contribution >= 0.6 is 0 Å². The highest BCUT2D eigenvalue weighted by molar-refractivity contribution is 5.45. The van der Waals surface area contributed by atoms with Crippen LogP contribution in [0, 0.1) is 35.4 Å². The molecular formula is C31H35F. The van der Waals surface area contributed by atoms with Crippen LogP contribution in [0.4, 0.5) is 4.39 Å². The first kappa shape index (κ1) is 22.6. The minimum Gasteiger partial charge on any atom is -0.206 e. The molecule has 1 heteroatoms. The fraction of sp³-hybridized carbons (Fsp3) is 0.419. The van der Waals surface area contributed by atoms with Gasteiger partial charge in [0.15, 0.2) is 0 Å². The Labute approximate surface area is 193 Å². The topological polar surface area (TPSA) is 0 Å². The fourth-order valence-corrected chi connectivity index (χ4v) is 5.74. The summed E-state index contributed by atoms with van der Waals surface area (Å²) in [4.78, 5) is 0. The van der Waals surface area contributed by atoms with E-state index in [0.717, 1.165) is 41.7 Å². The molecular weight excluding hydrogens is 391 g/mol. The summed E-state index contributed by atoms with van der Waals surface area (Å²) in [6.07, 6.45) is 16.3. The van der Waals surface area contributed by atoms with Crippen LogP contribution in [-0.2, 0) is 6.42 Å². The molecule has 0 aliphatic heterocycles. The Hall–Kier alpha value is -2.59. The van der Waals surface area contributed by atoms with E-state index < -0.39 is 0 Å². The highest BCUT2D eigenvalue weighted by Gasteiger charge is 2.35. The minimum absolute atomic E-state index is 0.239. The average molecular weight is 427 g/mol. The van der Waals surface area contributed by atoms with Gasteiger partial charge in [-0.05, 0) is 117 Å². The molecule has 4 unspecified atom stereocenters. The molecule has 2 aliphatic carbocycles. The van der Waals surface area contributed by atoms with E-state index in [1.165, 1.54) is 44.1 Å². The third-order valence-corrected chi connectivity index (χ3v) is 7.51. The number of aryl methyl sites for hydroxylation is 1. The minimum atomic E-state index is -0.239. The molecule has 2 aromatic rings. The van der Waals surface area contributed by atoms with Crippen LogP contribution in [0.15, 0.2) is 67.3 Å². The smallest absolute Gasteiger partial charge is 0.139 e. The average Bonchev–Trinajstić information content (AvgIpc) is 2.82. The van der Waals surface area contributed by atoms with E-state index in [-0.39, 0.29) is 5.82 Å². The zero-order chi connectivity index (χ0) is 22.3. The largest absolute Gasteiger partial charge is 0.206 e. The molecule has 0 amide bonds. The molecule has 4 rings (SSSR count). The maximum absolute atomic E-state index is 14.4. The van der Waals surface area contributed by atoms with Gasteiger partial charge in [0, 0.05) is 5.56 Å². The third kappa shape index (κ3) is 5.60. The van der Waals surface area contributed by atoms with Gasteiger partial charge in [0.25, 0.3) is 0 Å². The molecule has 0 bridgehead atoms. The third-order valence-electron chi connectivity index (χ3n) is 7.51. The number of halogens is 1. The SMILES string of the molecule is C=CCCc1ccc(C#Cc2ccc(C3CCC4CC(/C=C/C)CCC4C3)cc2)c(F)c1. The van der Waals surface area contributed by atoms with Crippen LogP contribution in [0.3, 0.4) is 0 Å². The number of allylic oxidation sites excluding steroid dienone is 3. The number of benzene rings is 2. The van der Waals surface area contributed by atoms with Gasteiger partial charge in [0.05, 0.1) is 5.56 Å². The molecule has 2 saturated carbocycles. The summed E-state index contributed by atoms with van der Waals surface area (Å²) in [7, 11) is 0. The lowest BCUT2D eigenvalue weighted by atomic mass is 9.64. The van der Waals surface area contributed by atoms with Crippen molar-refractivity contribution < 1.29 is 4.39 Å². The number of rotatable bonds is 5. The van der Waals surface area contributed by atoms with E-state index >= 15 is 0 Å². The lowest BCUT2D eigenvalue weighted by Crippen LogP contribution is -2.30. The Balaban J connectivity index is 1.37. The summed E-state index contributed by atoms with van der Waals surface area (Å²) >= 11 is 0. The Bertz CT molecular complexity index is 1000. The van der Waals surface area contributed by atoms with Crippen molar-refractivity contribution in [2.45, 2.75) is 64.2 Å². The molecule has 0 radical (unpaired) electrons. The first-order valence-corrected chi connectivity index (χ1v) is 12.3. The van der Waals surface area contributed by atoms with E-state index in [4.69, 9.17) is 0 Å². The molecule has 0 spiro atoms. The Kier molecular flexibility index (Phi) is 7.64. The second-order valence-electron chi connectivity index (χ2n) is 9.64. The lowest BCUT2D eigenvalue weighted by Gasteiger charge is -2.41. The summed E-state index contributed by atoms with van der Waals surface area (Å²) < 4.78 is 14.4. The maximum Gasteiger partial charge on any atom is 0.139 e. The van der Waals surface area contributed by atoms with Gasteiger partial charge < -0.3 is 0 Å². The monoisotopic (exact) mass is 426 g/mol. The van der Waals surface area contributed by atoms with Crippen molar-refractivity contribution in [2.75, 3.05) is 0 Å². The highest BCUT2D eigenvalue weighted by Crippen LogP contribution is 2.47. The van der Waals surface area contributed by atoms with Crippen LogP contribution in [0.1, 0.15) is 80.0 Å². The summed E-state index contributed by atoms with van der Waals surface area (Å²) in [5.41, 5.74) is 3.84. The van der Waals surface area contributed by atoms with E-state index in [9.17, 15) is 4.39 Å². The summed E-state index contributed by atoms with van der Waals surface area (Å²) in [6, 6.07) is 14.0. The number of hydrogen-bond acceptors (Lipinski definition) is 0. The van der Waals surface area contributed by atoms with Gasteiger partial charge in [-0.25, -0.2) is 4.39 Å². The van der Waals surface area contributed by atoms with Crippen molar-refractivity contribution in [1.29, 1.82) is 0 Å². The molecule has 166 valence electrons. The Morgan fingerprint density at radius 2 is 1.75 bits per heavy atom. The first-order valence-electron chi connectivity index (χ1n) is 12.3. The highest BCUT2D eigenvalue weighted by atomic mass is 19.1. The van der Waals surface area contributed by atoms with Gasteiger partial charge in [-0.2, -0.15) is 0 Å². The predicted octanol–water partition coefficient (Wildman–Crippen LogP) is 8.22. The Morgan fingerprint density at radius 1 is 0.969 bits per heavy atom. The molecule has 0 aromatic heterocycles. The van der Waals surface area contributed by atoms with Gasteiger partial charge in [0.1, 0.15) is 5.82 Å². The van der Waals surface area contributed by atoms with E-state index in [0.29, 0.717) is 11.5 Å². The van der Waals surface area contributed by atoms with Gasteiger partial charge in [-0.15, -0.1) is 6.58 Å². The number of hydrogen-bond donors (Lipinski definition) is 0. The number of fused-ring (bicyclic) bond motifs is 1. The standard InChI is InChI=1S/C31H35F/c1-3-5-7-25-11-16-27(31(32)21-25)15-10-23-8-13-26(14-9-23)29-19-18-28-20-24(6-4-2)12-17-30(28)22-29/h3-4,6,8-9,11,13-14,16,21,24,28-30H,1,5,7,12,17-20,22H2,2H3/b6-4+. The molecule has 32 heavy (non-hydrogen) atoms. The van der Waals surface area contributed by atoms with Crippen LogP contribution in [0.25, 0.3) is 0 Å². The van der Waals surface area contributed by atoms with Crippen molar-refractivity contribution in [1.82, 2.24) is 0 Å². The predicted molar refractivity (Wildman–Crippen MR) is 133 cm³/mol. The molecule has 2 fully saturated rings. The zero-order valence-corrected chi connectivity index (χ0v) is 19.3. The molecule has 0 nitrogen and oxygen atoms in total. The second kappa shape index (κ2) is 10.8. The van der Waals surface area contributed by atoms with E-state index in [1.807, 2.05) is 12.1 Å². The molecule has 0 N–H and O–H groups in total. The van der Waals surface area contributed by atoms with E-state index in [1.54, 1.807) is 12.1 Å². The van der Waals surface area contributed by atoms with Crippen molar-refractivity contribution in [3.63, 3.8) is 0 Å².